The molecule has 0 saturated heterocycles. The minimum atomic E-state index is -4.94. The van der Waals surface area contributed by atoms with Crippen molar-refractivity contribution in [1.29, 1.82) is 0 Å². The van der Waals surface area contributed by atoms with Gasteiger partial charge in [0.2, 0.25) is 0 Å². The highest BCUT2D eigenvalue weighted by Crippen LogP contribution is 2.38. The van der Waals surface area contributed by atoms with Crippen LogP contribution < -0.4 is 15.4 Å². The number of nitrogens with two attached hydrogens (primary N) is 1. The highest BCUT2D eigenvalue weighted by molar-refractivity contribution is 5.81. The fourth-order valence-electron chi connectivity index (χ4n) is 2.94. The molecule has 0 spiro atoms. The Morgan fingerprint density at radius 3 is 2.14 bits per heavy atom. The first-order chi connectivity index (χ1) is 12.9. The van der Waals surface area contributed by atoms with Crippen LogP contribution in [0.25, 0.3) is 0 Å². The van der Waals surface area contributed by atoms with Crippen molar-refractivity contribution in [3.8, 4) is 5.75 Å². The number of anilines is 1. The molecular formula is C18H14F6N2O2. The number of rotatable bonds is 3. The Bertz CT molecular complexity index is 862. The molecule has 1 aliphatic rings. The largest absolute Gasteiger partial charge is 0.477 e. The molecule has 2 aromatic rings. The molecule has 0 saturated carbocycles. The summed E-state index contributed by atoms with van der Waals surface area (Å²) in [5.74, 6) is -0.528. The number of fused-ring (bicyclic) bond motifs is 1. The van der Waals surface area contributed by atoms with Crippen molar-refractivity contribution in [2.24, 2.45) is 5.73 Å². The monoisotopic (exact) mass is 404 g/mol. The van der Waals surface area contributed by atoms with E-state index in [-0.39, 0.29) is 30.5 Å². The van der Waals surface area contributed by atoms with E-state index in [0.717, 1.165) is 0 Å². The smallest absolute Gasteiger partial charge is 0.416 e. The first kappa shape index (κ1) is 19.8. The van der Waals surface area contributed by atoms with Gasteiger partial charge in [-0.25, -0.2) is 0 Å². The molecule has 2 aromatic carbocycles. The van der Waals surface area contributed by atoms with Crippen LogP contribution in [0.2, 0.25) is 0 Å². The highest BCUT2D eigenvalue weighted by Gasteiger charge is 2.37. The Labute approximate surface area is 155 Å². The molecule has 0 aromatic heterocycles. The molecule has 1 atom stereocenters. The van der Waals surface area contributed by atoms with Gasteiger partial charge < -0.3 is 15.4 Å². The van der Waals surface area contributed by atoms with Crippen LogP contribution in [0.5, 0.6) is 5.75 Å². The molecule has 0 radical (unpaired) electrons. The van der Waals surface area contributed by atoms with E-state index in [2.05, 4.69) is 0 Å². The number of halogens is 6. The molecule has 4 nitrogen and oxygen atoms in total. The van der Waals surface area contributed by atoms with Gasteiger partial charge in [-0.2, -0.15) is 26.3 Å². The number of para-hydroxylation sites is 2. The topological polar surface area (TPSA) is 55.6 Å². The molecule has 2 N–H and O–H groups in total. The lowest BCUT2D eigenvalue weighted by molar-refractivity contribution is -0.143. The number of hydrogen-bond acceptors (Lipinski definition) is 3. The molecule has 1 unspecified atom stereocenters. The number of hydrogen-bond donors (Lipinski definition) is 1. The molecule has 0 bridgehead atoms. The first-order valence-electron chi connectivity index (χ1n) is 8.03. The van der Waals surface area contributed by atoms with Crippen molar-refractivity contribution in [2.75, 3.05) is 11.4 Å². The van der Waals surface area contributed by atoms with Gasteiger partial charge in [0.1, 0.15) is 5.75 Å². The Morgan fingerprint density at radius 2 is 1.61 bits per heavy atom. The third-order valence-corrected chi connectivity index (χ3v) is 4.20. The number of ether oxygens (including phenoxy) is 1. The van der Waals surface area contributed by atoms with Gasteiger partial charge in [0.15, 0.2) is 6.10 Å². The molecule has 0 aliphatic carbocycles. The summed E-state index contributed by atoms with van der Waals surface area (Å²) in [5, 5.41) is 0. The summed E-state index contributed by atoms with van der Waals surface area (Å²) in [7, 11) is 0. The van der Waals surface area contributed by atoms with Crippen molar-refractivity contribution in [2.45, 2.75) is 25.0 Å². The average Bonchev–Trinajstić information content (AvgIpc) is 2.59. The summed E-state index contributed by atoms with van der Waals surface area (Å²) >= 11 is 0. The maximum absolute atomic E-state index is 13.1. The van der Waals surface area contributed by atoms with Crippen LogP contribution in [-0.2, 0) is 23.7 Å². The Hall–Kier alpha value is -2.91. The predicted octanol–water partition coefficient (Wildman–Crippen LogP) is 3.98. The SMILES string of the molecule is NC(=O)C1CN(Cc2cc(C(F)(F)F)cc(C(F)(F)F)c2)c2ccccc2O1. The Morgan fingerprint density at radius 1 is 1.04 bits per heavy atom. The summed E-state index contributed by atoms with van der Waals surface area (Å²) < 4.78 is 83.8. The van der Waals surface area contributed by atoms with Crippen LogP contribution in [0.1, 0.15) is 16.7 Å². The quantitative estimate of drug-likeness (QED) is 0.788. The second kappa shape index (κ2) is 6.92. The lowest BCUT2D eigenvalue weighted by Crippen LogP contribution is -2.47. The van der Waals surface area contributed by atoms with Crippen LogP contribution in [-0.4, -0.2) is 18.6 Å². The van der Waals surface area contributed by atoms with Gasteiger partial charge in [0, 0.05) is 6.54 Å². The summed E-state index contributed by atoms with van der Waals surface area (Å²) in [5.41, 5.74) is 2.69. The standard InChI is InChI=1S/C18H14F6N2O2/c19-17(20,21)11-5-10(6-12(7-11)18(22,23)24)8-26-9-15(16(25)27)28-14-4-2-1-3-13(14)26/h1-7,15H,8-9H2,(H2,25,27). The van der Waals surface area contributed by atoms with E-state index in [0.29, 0.717) is 17.8 Å². The molecular weight excluding hydrogens is 390 g/mol. The van der Waals surface area contributed by atoms with Crippen molar-refractivity contribution < 1.29 is 35.9 Å². The first-order valence-corrected chi connectivity index (χ1v) is 8.03. The van der Waals surface area contributed by atoms with E-state index < -0.39 is 35.5 Å². The normalized spacial score (nSPS) is 17.1. The van der Waals surface area contributed by atoms with Gasteiger partial charge in [0.05, 0.1) is 23.4 Å². The molecule has 150 valence electrons. The third-order valence-electron chi connectivity index (χ3n) is 4.20. The maximum Gasteiger partial charge on any atom is 0.416 e. The molecule has 3 rings (SSSR count). The average molecular weight is 404 g/mol. The van der Waals surface area contributed by atoms with Crippen molar-refractivity contribution in [3.63, 3.8) is 0 Å². The summed E-state index contributed by atoms with van der Waals surface area (Å²) in [6, 6.07) is 7.76. The van der Waals surface area contributed by atoms with E-state index in [4.69, 9.17) is 10.5 Å². The highest BCUT2D eigenvalue weighted by atomic mass is 19.4. The number of carbonyl (C=O) groups is 1. The fraction of sp³-hybridized carbons (Fsp3) is 0.278. The number of benzene rings is 2. The third kappa shape index (κ3) is 4.15. The second-order valence-corrected chi connectivity index (χ2v) is 6.27. The minimum absolute atomic E-state index is 0.0724. The van der Waals surface area contributed by atoms with Crippen LogP contribution in [0.15, 0.2) is 42.5 Å². The van der Waals surface area contributed by atoms with Gasteiger partial charge in [0.25, 0.3) is 5.91 Å². The molecule has 10 heteroatoms. The zero-order chi connectivity index (χ0) is 20.7. The van der Waals surface area contributed by atoms with Crippen LogP contribution in [0.4, 0.5) is 32.0 Å². The summed E-state index contributed by atoms with van der Waals surface area (Å²) in [6.45, 7) is -0.402. The molecule has 28 heavy (non-hydrogen) atoms. The molecule has 1 heterocycles. The lowest BCUT2D eigenvalue weighted by Gasteiger charge is -2.35. The van der Waals surface area contributed by atoms with E-state index in [1.54, 1.807) is 18.2 Å². The number of alkyl halides is 6. The number of amides is 1. The van der Waals surface area contributed by atoms with E-state index >= 15 is 0 Å². The van der Waals surface area contributed by atoms with Crippen LogP contribution >= 0.6 is 0 Å². The molecule has 0 fully saturated rings. The van der Waals surface area contributed by atoms with E-state index in [9.17, 15) is 31.1 Å². The summed E-state index contributed by atoms with van der Waals surface area (Å²) in [6.07, 6.45) is -11.0. The number of nitrogens with zero attached hydrogens (tertiary/aromatic N) is 1. The fourth-order valence-corrected chi connectivity index (χ4v) is 2.94. The van der Waals surface area contributed by atoms with Crippen molar-refractivity contribution >= 4 is 11.6 Å². The van der Waals surface area contributed by atoms with Crippen molar-refractivity contribution in [3.05, 3.63) is 59.2 Å². The Balaban J connectivity index is 2.01. The number of carbonyl (C=O) groups excluding carboxylic acids is 1. The Kier molecular flexibility index (Phi) is 4.90. The second-order valence-electron chi connectivity index (χ2n) is 6.27. The van der Waals surface area contributed by atoms with Gasteiger partial charge in [-0.05, 0) is 35.9 Å². The lowest BCUT2D eigenvalue weighted by atomic mass is 10.0. The van der Waals surface area contributed by atoms with Gasteiger partial charge >= 0.3 is 12.4 Å². The zero-order valence-electron chi connectivity index (χ0n) is 14.1. The van der Waals surface area contributed by atoms with E-state index in [1.165, 1.54) is 11.0 Å². The van der Waals surface area contributed by atoms with Gasteiger partial charge in [-0.1, -0.05) is 12.1 Å². The minimum Gasteiger partial charge on any atom is -0.477 e. The van der Waals surface area contributed by atoms with Crippen molar-refractivity contribution in [1.82, 2.24) is 0 Å². The maximum atomic E-state index is 13.1. The van der Waals surface area contributed by atoms with Gasteiger partial charge in [-0.3, -0.25) is 4.79 Å². The molecule has 1 aliphatic heterocycles. The van der Waals surface area contributed by atoms with Crippen LogP contribution in [0.3, 0.4) is 0 Å². The predicted molar refractivity (Wildman–Crippen MR) is 87.5 cm³/mol. The number of primary amides is 1. The van der Waals surface area contributed by atoms with Crippen LogP contribution in [0, 0.1) is 0 Å². The zero-order valence-corrected chi connectivity index (χ0v) is 14.1. The van der Waals surface area contributed by atoms with Gasteiger partial charge in [-0.15, -0.1) is 0 Å². The van der Waals surface area contributed by atoms with E-state index in [1.807, 2.05) is 0 Å². The summed E-state index contributed by atoms with van der Waals surface area (Å²) in [4.78, 5) is 13.0. The molecule has 1 amide bonds.